The molecule has 2 aromatic heterocycles. The molecule has 2 aliphatic heterocycles. The van der Waals surface area contributed by atoms with E-state index >= 15 is 0 Å². The van der Waals surface area contributed by atoms with E-state index in [9.17, 15) is 4.79 Å². The van der Waals surface area contributed by atoms with Crippen LogP contribution in [-0.4, -0.2) is 40.8 Å². The number of benzene rings is 1. The van der Waals surface area contributed by atoms with E-state index in [0.29, 0.717) is 5.70 Å². The molecule has 1 aromatic carbocycles. The molecule has 5 rings (SSSR count). The number of hydrogen-bond acceptors (Lipinski definition) is 7. The second-order valence-corrected chi connectivity index (χ2v) is 8.20. The largest absolute Gasteiger partial charge is 0.471 e. The van der Waals surface area contributed by atoms with Gasteiger partial charge in [-0.3, -0.25) is 14.4 Å². The smallest absolute Gasteiger partial charge is 0.268 e. The molecule has 4 heterocycles. The molecular formula is C23H27N7O2. The van der Waals surface area contributed by atoms with Crippen molar-refractivity contribution in [3.63, 3.8) is 0 Å². The third-order valence-corrected chi connectivity index (χ3v) is 6.05. The third-order valence-electron chi connectivity index (χ3n) is 6.05. The highest BCUT2D eigenvalue weighted by molar-refractivity contribution is 6.00. The Hall–Kier alpha value is -3.75. The molecule has 1 amide bonds. The minimum atomic E-state index is -0.537. The summed E-state index contributed by atoms with van der Waals surface area (Å²) in [5.74, 6) is 0.184. The highest BCUT2D eigenvalue weighted by atomic mass is 16.5. The van der Waals surface area contributed by atoms with Gasteiger partial charge in [-0.25, -0.2) is 4.98 Å². The van der Waals surface area contributed by atoms with Gasteiger partial charge in [0.2, 0.25) is 6.23 Å². The van der Waals surface area contributed by atoms with E-state index < -0.39 is 12.1 Å². The number of primary amides is 1. The second kappa shape index (κ2) is 8.07. The number of nitrogens with zero attached hydrogens (tertiary/aromatic N) is 5. The van der Waals surface area contributed by atoms with Crippen LogP contribution in [0.5, 0.6) is 0 Å². The minimum absolute atomic E-state index is 0.319. The number of anilines is 3. The topological polar surface area (TPSA) is 102 Å². The normalized spacial score (nSPS) is 18.6. The second-order valence-electron chi connectivity index (χ2n) is 8.20. The summed E-state index contributed by atoms with van der Waals surface area (Å²) in [5, 5.41) is 8.65. The van der Waals surface area contributed by atoms with Crippen molar-refractivity contribution in [2.75, 3.05) is 35.3 Å². The number of ether oxygens (including phenoxy) is 1. The predicted molar refractivity (Wildman–Crippen MR) is 124 cm³/mol. The summed E-state index contributed by atoms with van der Waals surface area (Å²) < 4.78 is 7.81. The zero-order chi connectivity index (χ0) is 22.2. The van der Waals surface area contributed by atoms with Crippen LogP contribution in [0.2, 0.25) is 0 Å². The van der Waals surface area contributed by atoms with Crippen LogP contribution < -0.4 is 20.9 Å². The molecule has 1 atom stereocenters. The van der Waals surface area contributed by atoms with Gasteiger partial charge in [-0.05, 0) is 43.5 Å². The maximum absolute atomic E-state index is 12.4. The lowest BCUT2D eigenvalue weighted by Gasteiger charge is -2.35. The monoisotopic (exact) mass is 433 g/mol. The molecule has 1 fully saturated rings. The van der Waals surface area contributed by atoms with Gasteiger partial charge in [-0.1, -0.05) is 0 Å². The Morgan fingerprint density at radius 2 is 2.00 bits per heavy atom. The molecule has 2 aliphatic rings. The average molecular weight is 434 g/mol. The van der Waals surface area contributed by atoms with E-state index in [1.54, 1.807) is 10.9 Å². The summed E-state index contributed by atoms with van der Waals surface area (Å²) in [6.45, 7) is 1.92. The summed E-state index contributed by atoms with van der Waals surface area (Å²) in [6.07, 6.45) is 8.11. The lowest BCUT2D eigenvalue weighted by Crippen LogP contribution is -2.35. The fourth-order valence-electron chi connectivity index (χ4n) is 4.52. The molecule has 1 unspecified atom stereocenters. The first-order valence-corrected chi connectivity index (χ1v) is 10.9. The molecular weight excluding hydrogens is 406 g/mol. The van der Waals surface area contributed by atoms with Crippen molar-refractivity contribution >= 4 is 34.0 Å². The van der Waals surface area contributed by atoms with Crippen molar-refractivity contribution in [2.24, 2.45) is 12.8 Å². The van der Waals surface area contributed by atoms with Crippen molar-refractivity contribution in [2.45, 2.75) is 25.5 Å². The molecule has 9 heteroatoms. The number of aryl methyl sites for hydroxylation is 1. The number of rotatable bonds is 5. The average Bonchev–Trinajstić information content (AvgIpc) is 3.41. The third kappa shape index (κ3) is 3.49. The van der Waals surface area contributed by atoms with Crippen LogP contribution in [0.1, 0.15) is 31.1 Å². The lowest BCUT2D eigenvalue weighted by atomic mass is 10.1. The molecule has 0 bridgehead atoms. The van der Waals surface area contributed by atoms with Gasteiger partial charge < -0.3 is 20.7 Å². The molecule has 3 N–H and O–H groups in total. The Bertz CT molecular complexity index is 1200. The fraction of sp³-hybridized carbons (Fsp3) is 0.348. The first-order chi connectivity index (χ1) is 15.5. The summed E-state index contributed by atoms with van der Waals surface area (Å²) in [6, 6.07) is 7.98. The van der Waals surface area contributed by atoms with Crippen molar-refractivity contribution in [3.8, 4) is 0 Å². The number of nitrogens with two attached hydrogens (primary N) is 1. The molecule has 0 spiro atoms. The van der Waals surface area contributed by atoms with E-state index in [1.807, 2.05) is 37.3 Å². The maximum Gasteiger partial charge on any atom is 0.268 e. The Labute approximate surface area is 186 Å². The SMILES string of the molecule is CNc1cc(C2OC=C(C(N)=O)N2c2cc3cn(C)nc3cc2N2CCCCC2)ccn1. The van der Waals surface area contributed by atoms with Gasteiger partial charge in [0.1, 0.15) is 17.8 Å². The first kappa shape index (κ1) is 20.2. The van der Waals surface area contributed by atoms with Gasteiger partial charge in [0.05, 0.1) is 16.9 Å². The van der Waals surface area contributed by atoms with E-state index in [-0.39, 0.29) is 0 Å². The van der Waals surface area contributed by atoms with E-state index in [2.05, 4.69) is 32.4 Å². The van der Waals surface area contributed by atoms with Crippen LogP contribution in [0.25, 0.3) is 10.9 Å². The predicted octanol–water partition coefficient (Wildman–Crippen LogP) is 2.86. The molecule has 166 valence electrons. The molecule has 32 heavy (non-hydrogen) atoms. The number of fused-ring (bicyclic) bond motifs is 1. The standard InChI is InChI=1S/C23H27N7O2/c1-25-21-11-15(6-7-26-21)23-30(20(14-32-23)22(24)31)19-10-16-13-28(2)27-17(16)12-18(19)29-8-4-3-5-9-29/h6-7,10-14,23H,3-5,8-9H2,1-2H3,(H2,24,31)(H,25,26). The number of hydrogen-bond donors (Lipinski definition) is 2. The highest BCUT2D eigenvalue weighted by Gasteiger charge is 2.36. The van der Waals surface area contributed by atoms with Crippen LogP contribution in [0, 0.1) is 0 Å². The van der Waals surface area contributed by atoms with Gasteiger partial charge in [-0.15, -0.1) is 0 Å². The number of piperidine rings is 1. The van der Waals surface area contributed by atoms with Gasteiger partial charge in [0, 0.05) is 50.5 Å². The summed E-state index contributed by atoms with van der Waals surface area (Å²) in [5.41, 5.74) is 9.79. The van der Waals surface area contributed by atoms with Gasteiger partial charge in [-0.2, -0.15) is 5.10 Å². The zero-order valence-corrected chi connectivity index (χ0v) is 18.3. The summed E-state index contributed by atoms with van der Waals surface area (Å²) in [4.78, 5) is 21.0. The van der Waals surface area contributed by atoms with Gasteiger partial charge in [0.25, 0.3) is 5.91 Å². The Morgan fingerprint density at radius 1 is 1.19 bits per heavy atom. The summed E-state index contributed by atoms with van der Waals surface area (Å²) >= 11 is 0. The first-order valence-electron chi connectivity index (χ1n) is 10.9. The molecule has 0 radical (unpaired) electrons. The minimum Gasteiger partial charge on any atom is -0.471 e. The fourth-order valence-corrected chi connectivity index (χ4v) is 4.52. The molecule has 3 aromatic rings. The molecule has 0 saturated carbocycles. The molecule has 0 aliphatic carbocycles. The molecule has 1 saturated heterocycles. The van der Waals surface area contributed by atoms with Crippen LogP contribution in [0.4, 0.5) is 17.2 Å². The number of carbonyl (C=O) groups is 1. The number of aromatic nitrogens is 3. The Morgan fingerprint density at radius 3 is 2.75 bits per heavy atom. The lowest BCUT2D eigenvalue weighted by molar-refractivity contribution is -0.114. The van der Waals surface area contributed by atoms with E-state index in [0.717, 1.165) is 59.6 Å². The van der Waals surface area contributed by atoms with Crippen molar-refractivity contribution in [1.82, 2.24) is 14.8 Å². The van der Waals surface area contributed by atoms with Gasteiger partial charge >= 0.3 is 0 Å². The van der Waals surface area contributed by atoms with Crippen molar-refractivity contribution in [1.29, 1.82) is 0 Å². The molecule has 9 nitrogen and oxygen atoms in total. The number of amides is 1. The van der Waals surface area contributed by atoms with Crippen LogP contribution in [0.15, 0.2) is 48.6 Å². The zero-order valence-electron chi connectivity index (χ0n) is 18.3. The maximum atomic E-state index is 12.4. The highest BCUT2D eigenvalue weighted by Crippen LogP contribution is 2.44. The van der Waals surface area contributed by atoms with Crippen molar-refractivity contribution < 1.29 is 9.53 Å². The number of carbonyl (C=O) groups excluding carboxylic acids is 1. The van der Waals surface area contributed by atoms with E-state index in [1.165, 1.54) is 12.7 Å². The van der Waals surface area contributed by atoms with Crippen LogP contribution in [0.3, 0.4) is 0 Å². The number of nitrogens with one attached hydrogen (secondary N) is 1. The van der Waals surface area contributed by atoms with Crippen molar-refractivity contribution in [3.05, 3.63) is 54.2 Å². The Kier molecular flexibility index (Phi) is 5.08. The quantitative estimate of drug-likeness (QED) is 0.638. The van der Waals surface area contributed by atoms with E-state index in [4.69, 9.17) is 10.5 Å². The van der Waals surface area contributed by atoms with Crippen LogP contribution >= 0.6 is 0 Å². The van der Waals surface area contributed by atoms with Gasteiger partial charge in [0.15, 0.2) is 0 Å². The number of pyridine rings is 1. The van der Waals surface area contributed by atoms with Crippen LogP contribution in [-0.2, 0) is 16.6 Å². The Balaban J connectivity index is 1.68. The summed E-state index contributed by atoms with van der Waals surface area (Å²) in [7, 11) is 3.73.